The molecular formula is C6H6O2Sb. The van der Waals surface area contributed by atoms with Crippen molar-refractivity contribution in [1.29, 1.82) is 0 Å². The van der Waals surface area contributed by atoms with E-state index in [0.29, 0.717) is 0 Å². The minimum Gasteiger partial charge on any atom is -0.504 e. The fraction of sp³-hybridized carbons (Fsp3) is 0. The van der Waals surface area contributed by atoms with Crippen molar-refractivity contribution in [3.8, 4) is 11.5 Å². The zero-order chi connectivity index (χ0) is 5.98. The van der Waals surface area contributed by atoms with Crippen LogP contribution in [-0.2, 0) is 0 Å². The van der Waals surface area contributed by atoms with Gasteiger partial charge in [-0.05, 0) is 12.1 Å². The Bertz CT molecular complexity index is 167. The Hall–Kier alpha value is -0.362. The Balaban J connectivity index is 0.000000640. The van der Waals surface area contributed by atoms with E-state index in [2.05, 4.69) is 0 Å². The molecule has 0 heterocycles. The molecule has 0 aliphatic carbocycles. The summed E-state index contributed by atoms with van der Waals surface area (Å²) < 4.78 is 0. The van der Waals surface area contributed by atoms with E-state index in [-0.39, 0.29) is 35.9 Å². The van der Waals surface area contributed by atoms with Crippen molar-refractivity contribution >= 4 is 24.4 Å². The van der Waals surface area contributed by atoms with Crippen LogP contribution in [-0.4, -0.2) is 34.6 Å². The third kappa shape index (κ3) is 2.15. The SMILES string of the molecule is Oc1ccccc1O.[Sb]. The van der Waals surface area contributed by atoms with Crippen molar-refractivity contribution in [3.63, 3.8) is 0 Å². The second-order valence-electron chi connectivity index (χ2n) is 1.49. The van der Waals surface area contributed by atoms with Gasteiger partial charge in [0.15, 0.2) is 11.5 Å². The molecule has 0 aliphatic rings. The molecule has 0 spiro atoms. The molecule has 0 aliphatic heterocycles. The van der Waals surface area contributed by atoms with Crippen LogP contribution < -0.4 is 0 Å². The van der Waals surface area contributed by atoms with Crippen LogP contribution in [0.15, 0.2) is 24.3 Å². The molecule has 0 fully saturated rings. The Kier molecular flexibility index (Phi) is 3.48. The molecule has 3 heteroatoms. The maximum atomic E-state index is 8.67. The summed E-state index contributed by atoms with van der Waals surface area (Å²) in [6.45, 7) is 0. The number of benzene rings is 1. The number of phenols is 2. The van der Waals surface area contributed by atoms with Gasteiger partial charge in [-0.3, -0.25) is 0 Å². The van der Waals surface area contributed by atoms with Crippen LogP contribution in [0.3, 0.4) is 0 Å². The largest absolute Gasteiger partial charge is 0.504 e. The first-order chi connectivity index (χ1) is 3.80. The average Bonchev–Trinajstić information content (AvgIpc) is 1.77. The first-order valence-corrected chi connectivity index (χ1v) is 2.27. The third-order valence-corrected chi connectivity index (χ3v) is 0.882. The maximum absolute atomic E-state index is 8.67. The molecule has 0 aromatic heterocycles. The smallest absolute Gasteiger partial charge is 0.157 e. The van der Waals surface area contributed by atoms with E-state index in [1.807, 2.05) is 0 Å². The molecule has 0 saturated heterocycles. The van der Waals surface area contributed by atoms with Crippen molar-refractivity contribution < 1.29 is 10.2 Å². The number of aromatic hydroxyl groups is 2. The molecule has 2 nitrogen and oxygen atoms in total. The van der Waals surface area contributed by atoms with Gasteiger partial charge in [-0.1, -0.05) is 12.1 Å². The zero-order valence-electron chi connectivity index (χ0n) is 4.65. The van der Waals surface area contributed by atoms with Gasteiger partial charge in [0.1, 0.15) is 0 Å². The molecule has 0 amide bonds. The minimum atomic E-state index is -0.0764. The first-order valence-electron chi connectivity index (χ1n) is 2.27. The summed E-state index contributed by atoms with van der Waals surface area (Å²) in [6, 6.07) is 6.15. The summed E-state index contributed by atoms with van der Waals surface area (Å²) >= 11 is 0. The van der Waals surface area contributed by atoms with Gasteiger partial charge < -0.3 is 10.2 Å². The summed E-state index contributed by atoms with van der Waals surface area (Å²) in [5, 5.41) is 17.3. The molecule has 0 saturated carbocycles. The molecule has 9 heavy (non-hydrogen) atoms. The Morgan fingerprint density at radius 3 is 1.44 bits per heavy atom. The third-order valence-electron chi connectivity index (χ3n) is 0.882. The number of phenolic OH excluding ortho intramolecular Hbond substituents is 2. The average molecular weight is 232 g/mol. The number of para-hydroxylation sites is 2. The van der Waals surface area contributed by atoms with Crippen LogP contribution in [0.5, 0.6) is 11.5 Å². The fourth-order valence-corrected chi connectivity index (χ4v) is 0.464. The van der Waals surface area contributed by atoms with E-state index >= 15 is 0 Å². The molecule has 47 valence electrons. The van der Waals surface area contributed by atoms with Gasteiger partial charge in [-0.2, -0.15) is 0 Å². The van der Waals surface area contributed by atoms with E-state index in [9.17, 15) is 0 Å². The summed E-state index contributed by atoms with van der Waals surface area (Å²) in [5.74, 6) is -0.153. The van der Waals surface area contributed by atoms with Crippen LogP contribution in [0.1, 0.15) is 0 Å². The summed E-state index contributed by atoms with van der Waals surface area (Å²) in [6.07, 6.45) is 0. The fourth-order valence-electron chi connectivity index (χ4n) is 0.464. The van der Waals surface area contributed by atoms with E-state index in [1.165, 1.54) is 12.1 Å². The molecule has 0 bridgehead atoms. The second kappa shape index (κ2) is 3.62. The van der Waals surface area contributed by atoms with Gasteiger partial charge in [0.05, 0.1) is 0 Å². The van der Waals surface area contributed by atoms with Crippen LogP contribution in [0.4, 0.5) is 0 Å². The monoisotopic (exact) mass is 231 g/mol. The van der Waals surface area contributed by atoms with Crippen molar-refractivity contribution in [3.05, 3.63) is 24.3 Å². The normalized spacial score (nSPS) is 8.00. The van der Waals surface area contributed by atoms with Crippen LogP contribution in [0, 0.1) is 0 Å². The van der Waals surface area contributed by atoms with Crippen LogP contribution in [0.25, 0.3) is 0 Å². The summed E-state index contributed by atoms with van der Waals surface area (Å²) in [4.78, 5) is 0. The standard InChI is InChI=1S/C6H6O2.Sb/c7-5-3-1-2-4-6(5)8;/h1-4,7-8H;. The first kappa shape index (κ1) is 8.64. The molecule has 0 unspecified atom stereocenters. The second-order valence-corrected chi connectivity index (χ2v) is 1.49. The van der Waals surface area contributed by atoms with Crippen molar-refractivity contribution in [1.82, 2.24) is 0 Å². The molecule has 1 aromatic carbocycles. The van der Waals surface area contributed by atoms with Gasteiger partial charge in [-0.25, -0.2) is 0 Å². The van der Waals surface area contributed by atoms with E-state index in [0.717, 1.165) is 0 Å². The quantitative estimate of drug-likeness (QED) is 0.511. The Morgan fingerprint density at radius 2 is 1.22 bits per heavy atom. The zero-order valence-corrected chi connectivity index (χ0v) is 7.20. The summed E-state index contributed by atoms with van der Waals surface area (Å²) in [7, 11) is 0. The van der Waals surface area contributed by atoms with Gasteiger partial charge in [0, 0.05) is 24.4 Å². The Morgan fingerprint density at radius 1 is 0.889 bits per heavy atom. The number of hydrogen-bond donors (Lipinski definition) is 2. The molecule has 1 aromatic rings. The molecule has 2 N–H and O–H groups in total. The van der Waals surface area contributed by atoms with Crippen LogP contribution in [0.2, 0.25) is 0 Å². The number of rotatable bonds is 0. The van der Waals surface area contributed by atoms with E-state index < -0.39 is 0 Å². The van der Waals surface area contributed by atoms with Crippen molar-refractivity contribution in [2.24, 2.45) is 0 Å². The predicted octanol–water partition coefficient (Wildman–Crippen LogP) is 0.717. The van der Waals surface area contributed by atoms with E-state index in [4.69, 9.17) is 10.2 Å². The van der Waals surface area contributed by atoms with Gasteiger partial charge in [0.25, 0.3) is 0 Å². The van der Waals surface area contributed by atoms with Crippen LogP contribution >= 0.6 is 0 Å². The van der Waals surface area contributed by atoms with Crippen molar-refractivity contribution in [2.75, 3.05) is 0 Å². The maximum Gasteiger partial charge on any atom is 0.157 e. The van der Waals surface area contributed by atoms with Crippen molar-refractivity contribution in [2.45, 2.75) is 0 Å². The molecule has 3 radical (unpaired) electrons. The molecule has 0 atom stereocenters. The Labute approximate surface area is 70.6 Å². The summed E-state index contributed by atoms with van der Waals surface area (Å²) in [5.41, 5.74) is 0. The number of hydrogen-bond acceptors (Lipinski definition) is 2. The molecular weight excluding hydrogens is 226 g/mol. The topological polar surface area (TPSA) is 40.5 Å². The minimum absolute atomic E-state index is 0. The predicted molar refractivity (Wildman–Crippen MR) is 35.5 cm³/mol. The van der Waals surface area contributed by atoms with Gasteiger partial charge >= 0.3 is 0 Å². The van der Waals surface area contributed by atoms with Gasteiger partial charge in [-0.15, -0.1) is 0 Å². The van der Waals surface area contributed by atoms with Gasteiger partial charge in [0.2, 0.25) is 0 Å². The van der Waals surface area contributed by atoms with E-state index in [1.54, 1.807) is 12.1 Å². The molecule has 1 rings (SSSR count).